The molecule has 2 aromatic carbocycles. The minimum Gasteiger partial charge on any atom is -0.322 e. The third kappa shape index (κ3) is 4.06. The molecule has 0 aliphatic rings. The quantitative estimate of drug-likeness (QED) is 0.378. The fraction of sp³-hybridized carbons (Fsp3) is 0. The van der Waals surface area contributed by atoms with Gasteiger partial charge in [-0.25, -0.2) is 4.98 Å². The molecule has 6 heteroatoms. The first-order chi connectivity index (χ1) is 13.2. The highest BCUT2D eigenvalue weighted by Gasteiger charge is 2.11. The van der Waals surface area contributed by atoms with E-state index in [0.29, 0.717) is 5.56 Å². The van der Waals surface area contributed by atoms with Crippen LogP contribution >= 0.6 is 33.9 Å². The van der Waals surface area contributed by atoms with Crippen LogP contribution < -0.4 is 5.32 Å². The van der Waals surface area contributed by atoms with E-state index in [2.05, 4.69) is 32.9 Å². The monoisotopic (exact) mass is 483 g/mol. The Morgan fingerprint density at radius 2 is 1.85 bits per heavy atom. The Labute approximate surface area is 174 Å². The lowest BCUT2D eigenvalue weighted by atomic mass is 10.1. The molecule has 1 amide bonds. The van der Waals surface area contributed by atoms with Gasteiger partial charge in [-0.3, -0.25) is 9.78 Å². The summed E-state index contributed by atoms with van der Waals surface area (Å²) < 4.78 is 0.921. The molecule has 4 aromatic rings. The van der Waals surface area contributed by atoms with E-state index in [-0.39, 0.29) is 5.91 Å². The van der Waals surface area contributed by atoms with Gasteiger partial charge in [-0.15, -0.1) is 11.3 Å². The molecule has 4 rings (SSSR count). The zero-order valence-corrected chi connectivity index (χ0v) is 17.1. The average Bonchev–Trinajstić information content (AvgIpc) is 3.19. The van der Waals surface area contributed by atoms with Crippen LogP contribution in [-0.4, -0.2) is 15.9 Å². The number of hydrogen-bond donors (Lipinski definition) is 1. The molecule has 0 radical (unpaired) electrons. The van der Waals surface area contributed by atoms with Crippen molar-refractivity contribution < 1.29 is 4.79 Å². The van der Waals surface area contributed by atoms with E-state index in [1.165, 1.54) is 0 Å². The van der Waals surface area contributed by atoms with Crippen molar-refractivity contribution in [2.24, 2.45) is 0 Å². The number of hydrogen-bond acceptors (Lipinski definition) is 4. The molecule has 27 heavy (non-hydrogen) atoms. The summed E-state index contributed by atoms with van der Waals surface area (Å²) in [5, 5.41) is 5.91. The number of rotatable bonds is 4. The summed E-state index contributed by atoms with van der Waals surface area (Å²) in [5.41, 5.74) is 4.24. The molecule has 2 heterocycles. The molecule has 0 saturated carbocycles. The van der Waals surface area contributed by atoms with Crippen LogP contribution in [0.4, 0.5) is 5.69 Å². The van der Waals surface area contributed by atoms with Crippen molar-refractivity contribution in [3.05, 3.63) is 87.6 Å². The summed E-state index contributed by atoms with van der Waals surface area (Å²) in [7, 11) is 0. The second-order valence-corrected chi connectivity index (χ2v) is 7.81. The number of nitrogens with zero attached hydrogens (tertiary/aromatic N) is 2. The Kier molecular flexibility index (Phi) is 5.26. The van der Waals surface area contributed by atoms with Gasteiger partial charge in [-0.2, -0.15) is 0 Å². The van der Waals surface area contributed by atoms with Gasteiger partial charge < -0.3 is 5.32 Å². The van der Waals surface area contributed by atoms with Crippen LogP contribution in [0.3, 0.4) is 0 Å². The SMILES string of the molecule is O=C(Nc1cccc(-c2csc(-c3cccnc3)n2)c1)c1ccccc1I. The van der Waals surface area contributed by atoms with Crippen LogP contribution in [0.15, 0.2) is 78.4 Å². The predicted molar refractivity (Wildman–Crippen MR) is 118 cm³/mol. The Morgan fingerprint density at radius 1 is 1.00 bits per heavy atom. The van der Waals surface area contributed by atoms with Crippen LogP contribution in [0, 0.1) is 3.57 Å². The number of pyridine rings is 1. The molecule has 1 N–H and O–H groups in total. The molecule has 0 aliphatic carbocycles. The van der Waals surface area contributed by atoms with Crippen molar-refractivity contribution in [3.63, 3.8) is 0 Å². The van der Waals surface area contributed by atoms with Gasteiger partial charge in [-0.1, -0.05) is 24.3 Å². The lowest BCUT2D eigenvalue weighted by Gasteiger charge is -2.08. The first-order valence-electron chi connectivity index (χ1n) is 8.23. The largest absolute Gasteiger partial charge is 0.322 e. The third-order valence-corrected chi connectivity index (χ3v) is 5.78. The molecule has 0 fully saturated rings. The van der Waals surface area contributed by atoms with Gasteiger partial charge >= 0.3 is 0 Å². The molecular weight excluding hydrogens is 469 g/mol. The maximum atomic E-state index is 12.5. The second kappa shape index (κ2) is 7.98. The lowest BCUT2D eigenvalue weighted by molar-refractivity contribution is 0.102. The zero-order valence-electron chi connectivity index (χ0n) is 14.1. The maximum absolute atomic E-state index is 12.5. The highest BCUT2D eigenvalue weighted by atomic mass is 127. The molecule has 0 aliphatic heterocycles. The molecule has 0 saturated heterocycles. The summed E-state index contributed by atoms with van der Waals surface area (Å²) in [4.78, 5) is 21.4. The summed E-state index contributed by atoms with van der Waals surface area (Å²) in [6.07, 6.45) is 3.55. The number of carbonyl (C=O) groups is 1. The minimum absolute atomic E-state index is 0.119. The van der Waals surface area contributed by atoms with Crippen molar-refractivity contribution >= 4 is 45.5 Å². The van der Waals surface area contributed by atoms with Crippen LogP contribution in [0.5, 0.6) is 0 Å². The Morgan fingerprint density at radius 3 is 2.67 bits per heavy atom. The van der Waals surface area contributed by atoms with E-state index < -0.39 is 0 Å². The van der Waals surface area contributed by atoms with Crippen molar-refractivity contribution in [1.82, 2.24) is 9.97 Å². The van der Waals surface area contributed by atoms with Gasteiger partial charge in [0.05, 0.1) is 11.3 Å². The second-order valence-electron chi connectivity index (χ2n) is 5.79. The summed E-state index contributed by atoms with van der Waals surface area (Å²) in [6, 6.07) is 19.1. The summed E-state index contributed by atoms with van der Waals surface area (Å²) in [6.45, 7) is 0. The fourth-order valence-corrected chi connectivity index (χ4v) is 4.08. The maximum Gasteiger partial charge on any atom is 0.256 e. The zero-order chi connectivity index (χ0) is 18.6. The number of aromatic nitrogens is 2. The molecule has 4 nitrogen and oxygen atoms in total. The number of anilines is 1. The Balaban J connectivity index is 1.57. The minimum atomic E-state index is -0.119. The average molecular weight is 483 g/mol. The first-order valence-corrected chi connectivity index (χ1v) is 10.2. The molecule has 0 unspecified atom stereocenters. The number of amides is 1. The number of thiazole rings is 1. The normalized spacial score (nSPS) is 10.6. The third-order valence-electron chi connectivity index (χ3n) is 3.95. The van der Waals surface area contributed by atoms with Gasteiger partial charge in [0.15, 0.2) is 0 Å². The van der Waals surface area contributed by atoms with E-state index in [1.807, 2.05) is 66.0 Å². The molecule has 2 aromatic heterocycles. The van der Waals surface area contributed by atoms with Gasteiger partial charge in [-0.05, 0) is 59.0 Å². The molecule has 132 valence electrons. The molecule has 0 spiro atoms. The fourth-order valence-electron chi connectivity index (χ4n) is 2.63. The number of halogens is 1. The topological polar surface area (TPSA) is 54.9 Å². The van der Waals surface area contributed by atoms with E-state index in [9.17, 15) is 4.79 Å². The molecule has 0 atom stereocenters. The lowest BCUT2D eigenvalue weighted by Crippen LogP contribution is -2.13. The highest BCUT2D eigenvalue weighted by molar-refractivity contribution is 14.1. The van der Waals surface area contributed by atoms with Crippen molar-refractivity contribution in [2.75, 3.05) is 5.32 Å². The van der Waals surface area contributed by atoms with E-state index in [4.69, 9.17) is 4.98 Å². The van der Waals surface area contributed by atoms with Crippen molar-refractivity contribution in [2.45, 2.75) is 0 Å². The highest BCUT2D eigenvalue weighted by Crippen LogP contribution is 2.29. The van der Waals surface area contributed by atoms with Crippen molar-refractivity contribution in [3.8, 4) is 21.8 Å². The van der Waals surface area contributed by atoms with Crippen LogP contribution in [0.2, 0.25) is 0 Å². The van der Waals surface area contributed by atoms with E-state index in [1.54, 1.807) is 23.7 Å². The molecular formula is C21H14IN3OS. The van der Waals surface area contributed by atoms with Crippen LogP contribution in [0.25, 0.3) is 21.8 Å². The standard InChI is InChI=1S/C21H14IN3OS/c22-18-9-2-1-8-17(18)20(26)24-16-7-3-5-14(11-16)19-13-27-21(25-19)15-6-4-10-23-12-15/h1-13H,(H,24,26). The summed E-state index contributed by atoms with van der Waals surface area (Å²) >= 11 is 3.74. The number of benzene rings is 2. The van der Waals surface area contributed by atoms with E-state index >= 15 is 0 Å². The van der Waals surface area contributed by atoms with Gasteiger partial charge in [0.25, 0.3) is 5.91 Å². The first kappa shape index (κ1) is 17.8. The molecule has 0 bridgehead atoms. The van der Waals surface area contributed by atoms with Gasteiger partial charge in [0.1, 0.15) is 5.01 Å². The van der Waals surface area contributed by atoms with Crippen LogP contribution in [0.1, 0.15) is 10.4 Å². The summed E-state index contributed by atoms with van der Waals surface area (Å²) in [5.74, 6) is -0.119. The number of carbonyl (C=O) groups excluding carboxylic acids is 1. The number of nitrogens with one attached hydrogen (secondary N) is 1. The Bertz CT molecular complexity index is 1100. The Hall–Kier alpha value is -2.58. The van der Waals surface area contributed by atoms with Crippen molar-refractivity contribution in [1.29, 1.82) is 0 Å². The smallest absolute Gasteiger partial charge is 0.256 e. The van der Waals surface area contributed by atoms with Gasteiger partial charge in [0, 0.05) is 38.2 Å². The van der Waals surface area contributed by atoms with E-state index in [0.717, 1.165) is 31.1 Å². The van der Waals surface area contributed by atoms with Crippen LogP contribution in [-0.2, 0) is 0 Å². The van der Waals surface area contributed by atoms with Gasteiger partial charge in [0.2, 0.25) is 0 Å². The predicted octanol–water partition coefficient (Wildman–Crippen LogP) is 5.73.